The quantitative estimate of drug-likeness (QED) is 0.705. The Morgan fingerprint density at radius 2 is 1.67 bits per heavy atom. The average Bonchev–Trinajstić information content (AvgIpc) is 3.08. The number of aryl methyl sites for hydroxylation is 1. The number of nitrogens with zero attached hydrogens (tertiary/aromatic N) is 6. The molecule has 2 aromatic heterocycles. The molecule has 6 heteroatoms. The fourth-order valence-electron chi connectivity index (χ4n) is 4.44. The summed E-state index contributed by atoms with van der Waals surface area (Å²) in [6.45, 7) is 4.73. The van der Waals surface area contributed by atoms with E-state index in [0.717, 1.165) is 80.1 Å². The van der Waals surface area contributed by atoms with Crippen molar-refractivity contribution in [2.24, 2.45) is 0 Å². The second-order valence-corrected chi connectivity index (χ2v) is 7.25. The Kier molecular flexibility index (Phi) is 3.93. The molecule has 27 heavy (non-hydrogen) atoms. The standard InChI is InChI=1S/C21H22N6/c22-14-17-18-8-4-5-9-27(18)20-19(17)23-15-24-21(20)26-12-10-25(11-13-26)16-6-2-1-3-7-16/h1-3,6-7,15H,4-5,8-13H2. The van der Waals surface area contributed by atoms with Gasteiger partial charge in [0.25, 0.3) is 0 Å². The number of fused-ring (bicyclic) bond motifs is 3. The highest BCUT2D eigenvalue weighted by atomic mass is 15.3. The zero-order valence-electron chi connectivity index (χ0n) is 15.3. The highest BCUT2D eigenvalue weighted by Gasteiger charge is 2.27. The number of aromatic nitrogens is 3. The normalized spacial score (nSPS) is 17.0. The van der Waals surface area contributed by atoms with Crippen LogP contribution in [0.1, 0.15) is 24.1 Å². The lowest BCUT2D eigenvalue weighted by molar-refractivity contribution is 0.542. The molecule has 3 aromatic rings. The van der Waals surface area contributed by atoms with Crippen LogP contribution in [0, 0.1) is 11.3 Å². The van der Waals surface area contributed by atoms with Crippen LogP contribution >= 0.6 is 0 Å². The SMILES string of the molecule is N#Cc1c2n(c3c(N4CCN(c5ccccc5)CC4)ncnc13)CCCC2. The zero-order chi connectivity index (χ0) is 18.2. The molecule has 136 valence electrons. The molecule has 0 amide bonds. The van der Waals surface area contributed by atoms with Crippen molar-refractivity contribution in [1.29, 1.82) is 5.26 Å². The fourth-order valence-corrected chi connectivity index (χ4v) is 4.44. The number of rotatable bonds is 2. The van der Waals surface area contributed by atoms with Crippen molar-refractivity contribution in [2.45, 2.75) is 25.8 Å². The van der Waals surface area contributed by atoms with Gasteiger partial charge in [0, 0.05) is 44.1 Å². The smallest absolute Gasteiger partial charge is 0.156 e. The lowest BCUT2D eigenvalue weighted by atomic mass is 10.1. The van der Waals surface area contributed by atoms with Gasteiger partial charge in [-0.15, -0.1) is 0 Å². The van der Waals surface area contributed by atoms with Gasteiger partial charge in [0.1, 0.15) is 23.4 Å². The molecule has 0 bridgehead atoms. The van der Waals surface area contributed by atoms with Crippen LogP contribution in [-0.4, -0.2) is 40.7 Å². The van der Waals surface area contributed by atoms with E-state index in [1.807, 2.05) is 0 Å². The number of para-hydroxylation sites is 1. The van der Waals surface area contributed by atoms with Crippen LogP contribution in [0.2, 0.25) is 0 Å². The fraction of sp³-hybridized carbons (Fsp3) is 0.381. The van der Waals surface area contributed by atoms with Crippen LogP contribution in [0.4, 0.5) is 11.5 Å². The first-order valence-electron chi connectivity index (χ1n) is 9.68. The van der Waals surface area contributed by atoms with Gasteiger partial charge in [-0.1, -0.05) is 18.2 Å². The second kappa shape index (κ2) is 6.58. The van der Waals surface area contributed by atoms with Crippen LogP contribution in [0.3, 0.4) is 0 Å². The van der Waals surface area contributed by atoms with E-state index in [2.05, 4.69) is 60.7 Å². The molecule has 1 fully saturated rings. The summed E-state index contributed by atoms with van der Waals surface area (Å²) in [5.41, 5.74) is 5.04. The summed E-state index contributed by atoms with van der Waals surface area (Å²) in [7, 11) is 0. The number of nitriles is 1. The molecule has 0 N–H and O–H groups in total. The van der Waals surface area contributed by atoms with Gasteiger partial charge in [-0.3, -0.25) is 0 Å². The van der Waals surface area contributed by atoms with Crippen LogP contribution in [-0.2, 0) is 13.0 Å². The summed E-state index contributed by atoms with van der Waals surface area (Å²) in [5, 5.41) is 9.70. The number of anilines is 2. The Labute approximate surface area is 158 Å². The summed E-state index contributed by atoms with van der Waals surface area (Å²) >= 11 is 0. The van der Waals surface area contributed by atoms with Gasteiger partial charge in [-0.05, 0) is 31.4 Å². The maximum atomic E-state index is 9.70. The first-order chi connectivity index (χ1) is 13.4. The molecule has 0 radical (unpaired) electrons. The molecule has 0 unspecified atom stereocenters. The molecule has 5 rings (SSSR count). The molecule has 4 heterocycles. The van der Waals surface area contributed by atoms with Gasteiger partial charge >= 0.3 is 0 Å². The first kappa shape index (κ1) is 16.1. The molecule has 6 nitrogen and oxygen atoms in total. The van der Waals surface area contributed by atoms with E-state index in [9.17, 15) is 5.26 Å². The number of benzene rings is 1. The average molecular weight is 358 g/mol. The Hall–Kier alpha value is -3.07. The van der Waals surface area contributed by atoms with Crippen LogP contribution in [0.15, 0.2) is 36.7 Å². The van der Waals surface area contributed by atoms with Crippen LogP contribution < -0.4 is 9.80 Å². The minimum atomic E-state index is 0.747. The van der Waals surface area contributed by atoms with Crippen molar-refractivity contribution in [3.63, 3.8) is 0 Å². The molecule has 0 aliphatic carbocycles. The minimum absolute atomic E-state index is 0.747. The molecule has 2 aliphatic heterocycles. The summed E-state index contributed by atoms with van der Waals surface area (Å²) in [5.74, 6) is 0.984. The summed E-state index contributed by atoms with van der Waals surface area (Å²) < 4.78 is 2.30. The number of hydrogen-bond donors (Lipinski definition) is 0. The maximum Gasteiger partial charge on any atom is 0.156 e. The van der Waals surface area contributed by atoms with E-state index in [-0.39, 0.29) is 0 Å². The minimum Gasteiger partial charge on any atom is -0.368 e. The Morgan fingerprint density at radius 1 is 0.889 bits per heavy atom. The van der Waals surface area contributed by atoms with Crippen LogP contribution in [0.25, 0.3) is 11.0 Å². The molecule has 0 spiro atoms. The summed E-state index contributed by atoms with van der Waals surface area (Å²) in [4.78, 5) is 13.9. The van der Waals surface area contributed by atoms with Crippen molar-refractivity contribution < 1.29 is 0 Å². The van der Waals surface area contributed by atoms with E-state index < -0.39 is 0 Å². The Bertz CT molecular complexity index is 1010. The summed E-state index contributed by atoms with van der Waals surface area (Å²) in [6, 6.07) is 13.0. The zero-order valence-corrected chi connectivity index (χ0v) is 15.3. The molecule has 0 atom stereocenters. The largest absolute Gasteiger partial charge is 0.368 e. The van der Waals surface area contributed by atoms with E-state index in [4.69, 9.17) is 0 Å². The number of hydrogen-bond acceptors (Lipinski definition) is 5. The van der Waals surface area contributed by atoms with Gasteiger partial charge in [0.15, 0.2) is 5.82 Å². The van der Waals surface area contributed by atoms with Gasteiger partial charge in [0.05, 0.1) is 5.56 Å². The molecule has 1 saturated heterocycles. The highest BCUT2D eigenvalue weighted by molar-refractivity contribution is 5.92. The third-order valence-electron chi connectivity index (χ3n) is 5.78. The lowest BCUT2D eigenvalue weighted by Gasteiger charge is -2.37. The second-order valence-electron chi connectivity index (χ2n) is 7.25. The first-order valence-corrected chi connectivity index (χ1v) is 9.68. The predicted octanol–water partition coefficient (Wildman–Crippen LogP) is 2.97. The highest BCUT2D eigenvalue weighted by Crippen LogP contribution is 2.34. The van der Waals surface area contributed by atoms with E-state index >= 15 is 0 Å². The van der Waals surface area contributed by atoms with Gasteiger partial charge < -0.3 is 14.4 Å². The topological polar surface area (TPSA) is 61.0 Å². The van der Waals surface area contributed by atoms with E-state index in [1.165, 1.54) is 5.69 Å². The Balaban J connectivity index is 1.50. The van der Waals surface area contributed by atoms with Crippen molar-refractivity contribution in [3.8, 4) is 6.07 Å². The third kappa shape index (κ3) is 2.62. The molecular weight excluding hydrogens is 336 g/mol. The summed E-state index contributed by atoms with van der Waals surface area (Å²) in [6.07, 6.45) is 4.87. The predicted molar refractivity (Wildman–Crippen MR) is 106 cm³/mol. The lowest BCUT2D eigenvalue weighted by Crippen LogP contribution is -2.47. The monoisotopic (exact) mass is 358 g/mol. The molecule has 1 aromatic carbocycles. The Morgan fingerprint density at radius 3 is 2.44 bits per heavy atom. The van der Waals surface area contributed by atoms with E-state index in [1.54, 1.807) is 6.33 Å². The number of piperazine rings is 1. The van der Waals surface area contributed by atoms with Crippen molar-refractivity contribution >= 4 is 22.5 Å². The van der Waals surface area contributed by atoms with Crippen molar-refractivity contribution in [1.82, 2.24) is 14.5 Å². The van der Waals surface area contributed by atoms with Crippen LogP contribution in [0.5, 0.6) is 0 Å². The van der Waals surface area contributed by atoms with Crippen molar-refractivity contribution in [3.05, 3.63) is 47.9 Å². The van der Waals surface area contributed by atoms with Gasteiger partial charge in [-0.2, -0.15) is 5.26 Å². The van der Waals surface area contributed by atoms with E-state index in [0.29, 0.717) is 0 Å². The molecule has 2 aliphatic rings. The third-order valence-corrected chi connectivity index (χ3v) is 5.78. The molecular formula is C21H22N6. The van der Waals surface area contributed by atoms with Gasteiger partial charge in [-0.25, -0.2) is 9.97 Å². The van der Waals surface area contributed by atoms with Gasteiger partial charge in [0.2, 0.25) is 0 Å². The maximum absolute atomic E-state index is 9.70. The molecule has 0 saturated carbocycles. The van der Waals surface area contributed by atoms with Crippen molar-refractivity contribution in [2.75, 3.05) is 36.0 Å².